The van der Waals surface area contributed by atoms with Crippen molar-refractivity contribution in [2.24, 2.45) is 0 Å². The van der Waals surface area contributed by atoms with E-state index < -0.39 is 5.97 Å². The molecule has 0 fully saturated rings. The Bertz CT molecular complexity index is 124. The SMILES string of the molecule is CNC(=N)NCC(=O)O.N. The van der Waals surface area contributed by atoms with Gasteiger partial charge in [-0.1, -0.05) is 0 Å². The van der Waals surface area contributed by atoms with Gasteiger partial charge >= 0.3 is 5.97 Å². The van der Waals surface area contributed by atoms with Crippen molar-refractivity contribution in [3.63, 3.8) is 0 Å². The molecule has 7 N–H and O–H groups in total. The zero-order chi connectivity index (χ0) is 7.28. The molecule has 0 heterocycles. The van der Waals surface area contributed by atoms with E-state index in [9.17, 15) is 4.79 Å². The lowest BCUT2D eigenvalue weighted by Gasteiger charge is -2.01. The molecule has 0 unspecified atom stereocenters. The van der Waals surface area contributed by atoms with Crippen LogP contribution in [0.2, 0.25) is 0 Å². The van der Waals surface area contributed by atoms with E-state index >= 15 is 0 Å². The number of carbonyl (C=O) groups is 1. The van der Waals surface area contributed by atoms with Gasteiger partial charge in [0.2, 0.25) is 0 Å². The first-order valence-electron chi connectivity index (χ1n) is 2.38. The summed E-state index contributed by atoms with van der Waals surface area (Å²) in [5.41, 5.74) is 0. The van der Waals surface area contributed by atoms with Crippen molar-refractivity contribution in [1.82, 2.24) is 16.8 Å². The van der Waals surface area contributed by atoms with Gasteiger partial charge in [-0.3, -0.25) is 10.2 Å². The maximum atomic E-state index is 9.83. The van der Waals surface area contributed by atoms with Gasteiger partial charge in [0.15, 0.2) is 5.96 Å². The van der Waals surface area contributed by atoms with Gasteiger partial charge in [-0.05, 0) is 0 Å². The summed E-state index contributed by atoms with van der Waals surface area (Å²) in [7, 11) is 1.54. The number of nitrogens with one attached hydrogen (secondary N) is 3. The van der Waals surface area contributed by atoms with Crippen LogP contribution in [0.15, 0.2) is 0 Å². The van der Waals surface area contributed by atoms with E-state index in [-0.39, 0.29) is 18.7 Å². The van der Waals surface area contributed by atoms with Crippen LogP contribution in [0.1, 0.15) is 0 Å². The molecule has 60 valence electrons. The van der Waals surface area contributed by atoms with E-state index in [1.54, 1.807) is 0 Å². The number of aliphatic carboxylic acids is 1. The lowest BCUT2D eigenvalue weighted by molar-refractivity contribution is -0.135. The summed E-state index contributed by atoms with van der Waals surface area (Å²) in [6.07, 6.45) is 0. The highest BCUT2D eigenvalue weighted by Gasteiger charge is 1.94. The largest absolute Gasteiger partial charge is 0.480 e. The van der Waals surface area contributed by atoms with Crippen LogP contribution in [-0.2, 0) is 4.79 Å². The van der Waals surface area contributed by atoms with Gasteiger partial charge in [-0.2, -0.15) is 0 Å². The Morgan fingerprint density at radius 2 is 2.20 bits per heavy atom. The third kappa shape index (κ3) is 6.70. The molecule has 0 saturated carbocycles. The molecule has 0 spiro atoms. The minimum absolute atomic E-state index is 0. The summed E-state index contributed by atoms with van der Waals surface area (Å²) in [6.45, 7) is -0.223. The molecule has 0 aliphatic heterocycles. The molecule has 10 heavy (non-hydrogen) atoms. The van der Waals surface area contributed by atoms with Crippen molar-refractivity contribution in [3.05, 3.63) is 0 Å². The molecule has 0 aliphatic rings. The molecule has 0 saturated heterocycles. The molecular formula is C4H12N4O2. The zero-order valence-electron chi connectivity index (χ0n) is 5.77. The Labute approximate surface area is 58.7 Å². The molecule has 0 aliphatic carbocycles. The summed E-state index contributed by atoms with van der Waals surface area (Å²) >= 11 is 0. The molecule has 0 amide bonds. The minimum Gasteiger partial charge on any atom is -0.480 e. The van der Waals surface area contributed by atoms with Gasteiger partial charge in [0.05, 0.1) is 0 Å². The second-order valence-corrected chi connectivity index (χ2v) is 1.37. The van der Waals surface area contributed by atoms with Crippen molar-refractivity contribution in [2.75, 3.05) is 13.6 Å². The molecule has 0 rings (SSSR count). The molecule has 6 nitrogen and oxygen atoms in total. The Morgan fingerprint density at radius 1 is 1.70 bits per heavy atom. The number of carboxylic acid groups (broad SMARTS) is 1. The highest BCUT2D eigenvalue weighted by atomic mass is 16.4. The Kier molecular flexibility index (Phi) is 6.70. The standard InChI is InChI=1S/C4H9N3O2.H3N/c1-6-4(5)7-2-3(8)9;/h2H2,1H3,(H,8,9)(H3,5,6,7);1H3. The first-order valence-corrected chi connectivity index (χ1v) is 2.38. The van der Waals surface area contributed by atoms with Crippen molar-refractivity contribution < 1.29 is 9.90 Å². The van der Waals surface area contributed by atoms with Crippen LogP contribution in [0.3, 0.4) is 0 Å². The smallest absolute Gasteiger partial charge is 0.322 e. The van der Waals surface area contributed by atoms with Gasteiger partial charge in [0.1, 0.15) is 6.54 Å². The summed E-state index contributed by atoms with van der Waals surface area (Å²) in [5, 5.41) is 19.6. The van der Waals surface area contributed by atoms with E-state index in [1.807, 2.05) is 0 Å². The van der Waals surface area contributed by atoms with Crippen molar-refractivity contribution in [3.8, 4) is 0 Å². The molecular weight excluding hydrogens is 136 g/mol. The Balaban J connectivity index is 0. The number of guanidine groups is 1. The molecule has 0 radical (unpaired) electrons. The topological polar surface area (TPSA) is 120 Å². The lowest BCUT2D eigenvalue weighted by atomic mass is 10.6. The Hall–Kier alpha value is -1.30. The van der Waals surface area contributed by atoms with E-state index in [1.165, 1.54) is 7.05 Å². The van der Waals surface area contributed by atoms with E-state index in [2.05, 4.69) is 10.6 Å². The van der Waals surface area contributed by atoms with Gasteiger partial charge in [-0.25, -0.2) is 0 Å². The summed E-state index contributed by atoms with van der Waals surface area (Å²) in [6, 6.07) is 0. The van der Waals surface area contributed by atoms with Crippen LogP contribution in [0.4, 0.5) is 0 Å². The number of hydrogen-bond acceptors (Lipinski definition) is 3. The lowest BCUT2D eigenvalue weighted by Crippen LogP contribution is -2.36. The van der Waals surface area contributed by atoms with Crippen molar-refractivity contribution in [2.45, 2.75) is 0 Å². The second-order valence-electron chi connectivity index (χ2n) is 1.37. The quantitative estimate of drug-likeness (QED) is 0.253. The minimum atomic E-state index is -0.977. The maximum absolute atomic E-state index is 9.83. The first kappa shape index (κ1) is 11.5. The maximum Gasteiger partial charge on any atom is 0.322 e. The van der Waals surface area contributed by atoms with Gasteiger partial charge in [0, 0.05) is 7.05 Å². The first-order chi connectivity index (χ1) is 4.16. The van der Waals surface area contributed by atoms with Gasteiger partial charge in [0.25, 0.3) is 0 Å². The normalized spacial score (nSPS) is 7.30. The summed E-state index contributed by atoms with van der Waals surface area (Å²) in [4.78, 5) is 9.83. The molecule has 0 aromatic heterocycles. The highest BCUT2D eigenvalue weighted by Crippen LogP contribution is 1.58. The zero-order valence-corrected chi connectivity index (χ0v) is 5.77. The molecule has 6 heteroatoms. The highest BCUT2D eigenvalue weighted by molar-refractivity contribution is 5.81. The monoisotopic (exact) mass is 148 g/mol. The van der Waals surface area contributed by atoms with Crippen LogP contribution in [0, 0.1) is 5.41 Å². The average molecular weight is 148 g/mol. The Morgan fingerprint density at radius 3 is 2.50 bits per heavy atom. The third-order valence-corrected chi connectivity index (χ3v) is 0.666. The molecule has 0 bridgehead atoms. The number of rotatable bonds is 2. The van der Waals surface area contributed by atoms with Crippen LogP contribution >= 0.6 is 0 Å². The molecule has 0 aromatic rings. The fraction of sp³-hybridized carbons (Fsp3) is 0.500. The average Bonchev–Trinajstić information content (AvgIpc) is 1.83. The fourth-order valence-electron chi connectivity index (χ4n) is 0.252. The molecule has 0 aromatic carbocycles. The summed E-state index contributed by atoms with van der Waals surface area (Å²) < 4.78 is 0. The van der Waals surface area contributed by atoms with E-state index in [0.29, 0.717) is 0 Å². The van der Waals surface area contributed by atoms with Crippen LogP contribution in [-0.4, -0.2) is 30.6 Å². The van der Waals surface area contributed by atoms with E-state index in [4.69, 9.17) is 10.5 Å². The number of hydrogen-bond donors (Lipinski definition) is 5. The van der Waals surface area contributed by atoms with Crippen LogP contribution in [0.5, 0.6) is 0 Å². The summed E-state index contributed by atoms with van der Waals surface area (Å²) in [5.74, 6) is -0.965. The fourth-order valence-corrected chi connectivity index (χ4v) is 0.252. The van der Waals surface area contributed by atoms with Gasteiger partial charge in [-0.15, -0.1) is 0 Å². The predicted octanol–water partition coefficient (Wildman–Crippen LogP) is -1.02. The third-order valence-electron chi connectivity index (χ3n) is 0.666. The van der Waals surface area contributed by atoms with Crippen molar-refractivity contribution >= 4 is 11.9 Å². The van der Waals surface area contributed by atoms with E-state index in [0.717, 1.165) is 0 Å². The van der Waals surface area contributed by atoms with Gasteiger partial charge < -0.3 is 21.9 Å². The molecule has 0 atom stereocenters. The number of carboxylic acids is 1. The van der Waals surface area contributed by atoms with Crippen LogP contribution in [0.25, 0.3) is 0 Å². The van der Waals surface area contributed by atoms with Crippen molar-refractivity contribution in [1.29, 1.82) is 5.41 Å². The second kappa shape index (κ2) is 5.83. The van der Waals surface area contributed by atoms with Crippen LogP contribution < -0.4 is 16.8 Å². The predicted molar refractivity (Wildman–Crippen MR) is 37.4 cm³/mol.